The molecule has 1 heterocycles. The largest absolute Gasteiger partial charge is 0.298 e. The Morgan fingerprint density at radius 2 is 1.47 bits per heavy atom. The number of nitrogens with one attached hydrogen (secondary N) is 1. The fourth-order valence-electron chi connectivity index (χ4n) is 3.82. The van der Waals surface area contributed by atoms with Crippen LogP contribution in [0, 0.1) is 0 Å². The van der Waals surface area contributed by atoms with E-state index in [2.05, 4.69) is 10.3 Å². The van der Waals surface area contributed by atoms with Gasteiger partial charge < -0.3 is 0 Å². The highest BCUT2D eigenvalue weighted by atomic mass is 32.2. The van der Waals surface area contributed by atoms with E-state index in [1.165, 1.54) is 15.6 Å². The summed E-state index contributed by atoms with van der Waals surface area (Å²) < 4.78 is 28.4. The van der Waals surface area contributed by atoms with Crippen molar-refractivity contribution in [2.24, 2.45) is 0 Å². The molecule has 0 bridgehead atoms. The third kappa shape index (κ3) is 5.53. The Kier molecular flexibility index (Phi) is 7.93. The molecular weight excluding hydrogens is 494 g/mol. The van der Waals surface area contributed by atoms with Crippen LogP contribution in [0.3, 0.4) is 0 Å². The molecule has 7 nitrogen and oxygen atoms in total. The van der Waals surface area contributed by atoms with Gasteiger partial charge in [-0.3, -0.25) is 14.9 Å². The van der Waals surface area contributed by atoms with E-state index in [-0.39, 0.29) is 16.6 Å². The van der Waals surface area contributed by atoms with Gasteiger partial charge in [-0.1, -0.05) is 67.6 Å². The van der Waals surface area contributed by atoms with Gasteiger partial charge in [-0.25, -0.2) is 13.4 Å². The molecule has 1 N–H and O–H groups in total. The predicted molar refractivity (Wildman–Crippen MR) is 143 cm³/mol. The molecule has 0 saturated carbocycles. The predicted octanol–water partition coefficient (Wildman–Crippen LogP) is 5.59. The van der Waals surface area contributed by atoms with E-state index in [0.717, 1.165) is 12.8 Å². The van der Waals surface area contributed by atoms with Gasteiger partial charge >= 0.3 is 0 Å². The number of anilines is 1. The molecular formula is C27H27N3O4S2. The maximum Gasteiger partial charge on any atom is 0.257 e. The van der Waals surface area contributed by atoms with Crippen LogP contribution in [0.4, 0.5) is 5.13 Å². The summed E-state index contributed by atoms with van der Waals surface area (Å²) in [4.78, 5) is 30.0. The lowest BCUT2D eigenvalue weighted by Gasteiger charge is -2.20. The number of hydrogen-bond donors (Lipinski definition) is 1. The van der Waals surface area contributed by atoms with E-state index in [1.807, 2.05) is 19.9 Å². The van der Waals surface area contributed by atoms with E-state index in [4.69, 9.17) is 0 Å². The van der Waals surface area contributed by atoms with Gasteiger partial charge in [0.25, 0.3) is 5.91 Å². The third-order valence-electron chi connectivity index (χ3n) is 5.61. The van der Waals surface area contributed by atoms with Crippen LogP contribution in [0.5, 0.6) is 0 Å². The molecule has 0 saturated heterocycles. The van der Waals surface area contributed by atoms with Crippen molar-refractivity contribution in [3.63, 3.8) is 0 Å². The van der Waals surface area contributed by atoms with Crippen LogP contribution in [-0.2, 0) is 10.0 Å². The number of amides is 1. The molecule has 36 heavy (non-hydrogen) atoms. The van der Waals surface area contributed by atoms with Gasteiger partial charge in [0.1, 0.15) is 0 Å². The van der Waals surface area contributed by atoms with Crippen molar-refractivity contribution in [2.45, 2.75) is 31.6 Å². The number of carbonyl (C=O) groups excluding carboxylic acids is 2. The van der Waals surface area contributed by atoms with Crippen molar-refractivity contribution in [2.75, 3.05) is 18.4 Å². The molecule has 1 amide bonds. The van der Waals surface area contributed by atoms with Crippen LogP contribution in [0.15, 0.2) is 77.7 Å². The first kappa shape index (κ1) is 25.7. The summed E-state index contributed by atoms with van der Waals surface area (Å²) >= 11 is 1.21. The smallest absolute Gasteiger partial charge is 0.257 e. The zero-order valence-corrected chi connectivity index (χ0v) is 21.7. The Hall–Kier alpha value is -3.40. The Morgan fingerprint density at radius 3 is 2.11 bits per heavy atom. The molecule has 0 aliphatic rings. The number of benzene rings is 3. The molecule has 0 aliphatic carbocycles. The second kappa shape index (κ2) is 11.1. The Balaban J connectivity index is 1.50. The molecule has 1 aromatic heterocycles. The molecule has 0 spiro atoms. The van der Waals surface area contributed by atoms with Crippen LogP contribution in [-0.4, -0.2) is 42.5 Å². The molecule has 0 radical (unpaired) electrons. The van der Waals surface area contributed by atoms with Gasteiger partial charge in [0, 0.05) is 29.8 Å². The first-order valence-corrected chi connectivity index (χ1v) is 14.0. The van der Waals surface area contributed by atoms with Crippen molar-refractivity contribution in [3.05, 3.63) is 89.5 Å². The van der Waals surface area contributed by atoms with E-state index >= 15 is 0 Å². The zero-order chi connectivity index (χ0) is 25.7. The Bertz CT molecular complexity index is 1470. The summed E-state index contributed by atoms with van der Waals surface area (Å²) in [5, 5.41) is 3.14. The van der Waals surface area contributed by atoms with Crippen molar-refractivity contribution in [3.8, 4) is 0 Å². The number of hydrogen-bond acceptors (Lipinski definition) is 6. The molecule has 0 atom stereocenters. The zero-order valence-electron chi connectivity index (χ0n) is 20.1. The van der Waals surface area contributed by atoms with E-state index in [9.17, 15) is 18.0 Å². The maximum absolute atomic E-state index is 13.1. The first-order chi connectivity index (χ1) is 17.3. The van der Waals surface area contributed by atoms with Crippen LogP contribution in [0.2, 0.25) is 0 Å². The highest BCUT2D eigenvalue weighted by Crippen LogP contribution is 2.29. The average Bonchev–Trinajstić information content (AvgIpc) is 3.30. The molecule has 9 heteroatoms. The molecule has 3 aromatic carbocycles. The summed E-state index contributed by atoms with van der Waals surface area (Å²) in [5.41, 5.74) is 2.07. The van der Waals surface area contributed by atoms with E-state index in [1.54, 1.807) is 66.7 Å². The second-order valence-electron chi connectivity index (χ2n) is 8.28. The quantitative estimate of drug-likeness (QED) is 0.274. The SMILES string of the molecule is CCCN(CCC)S(=O)(=O)c1ccc2nc(NC(=O)c3ccc(C(=O)c4ccccc4)cc3)sc2c1. The van der Waals surface area contributed by atoms with Gasteiger partial charge in [-0.2, -0.15) is 4.31 Å². The molecule has 0 fully saturated rings. The lowest BCUT2D eigenvalue weighted by atomic mass is 10.0. The summed E-state index contributed by atoms with van der Waals surface area (Å²) in [6, 6.07) is 20.2. The highest BCUT2D eigenvalue weighted by Gasteiger charge is 2.24. The minimum Gasteiger partial charge on any atom is -0.298 e. The van der Waals surface area contributed by atoms with Crippen LogP contribution in [0.25, 0.3) is 10.2 Å². The van der Waals surface area contributed by atoms with Crippen molar-refractivity contribution in [1.29, 1.82) is 0 Å². The topological polar surface area (TPSA) is 96.4 Å². The minimum absolute atomic E-state index is 0.115. The van der Waals surface area contributed by atoms with Crippen molar-refractivity contribution >= 4 is 48.4 Å². The fraction of sp³-hybridized carbons (Fsp3) is 0.222. The fourth-order valence-corrected chi connectivity index (χ4v) is 6.44. The number of carbonyl (C=O) groups is 2. The summed E-state index contributed by atoms with van der Waals surface area (Å²) in [6.07, 6.45) is 1.47. The maximum atomic E-state index is 13.1. The number of fused-ring (bicyclic) bond motifs is 1. The lowest BCUT2D eigenvalue weighted by molar-refractivity contribution is 0.102. The Morgan fingerprint density at radius 1 is 0.861 bits per heavy atom. The standard InChI is InChI=1S/C27H27N3O4S2/c1-3-16-30(17-4-2)36(33,34)22-14-15-23-24(18-22)35-27(28-23)29-26(32)21-12-10-20(11-13-21)25(31)19-8-6-5-7-9-19/h5-15,18H,3-4,16-17H2,1-2H3,(H,28,29,32). The van der Waals surface area contributed by atoms with Crippen LogP contribution >= 0.6 is 11.3 Å². The van der Waals surface area contributed by atoms with Gasteiger partial charge in [0.2, 0.25) is 10.0 Å². The number of rotatable bonds is 10. The van der Waals surface area contributed by atoms with Crippen LogP contribution in [0.1, 0.15) is 53.0 Å². The number of nitrogens with zero attached hydrogens (tertiary/aromatic N) is 2. The van der Waals surface area contributed by atoms with Crippen LogP contribution < -0.4 is 5.32 Å². The molecule has 0 aliphatic heterocycles. The van der Waals surface area contributed by atoms with E-state index < -0.39 is 10.0 Å². The lowest BCUT2D eigenvalue weighted by Crippen LogP contribution is -2.32. The molecule has 186 valence electrons. The summed E-state index contributed by atoms with van der Waals surface area (Å²) in [5.74, 6) is -0.478. The van der Waals surface area contributed by atoms with Gasteiger partial charge in [-0.05, 0) is 43.2 Å². The molecule has 4 aromatic rings. The minimum atomic E-state index is -3.61. The normalized spacial score (nSPS) is 11.6. The number of ketones is 1. The number of sulfonamides is 1. The van der Waals surface area contributed by atoms with Crippen molar-refractivity contribution in [1.82, 2.24) is 9.29 Å². The summed E-state index contributed by atoms with van der Waals surface area (Å²) in [7, 11) is -3.61. The van der Waals surface area contributed by atoms with Gasteiger partial charge in [0.05, 0.1) is 15.1 Å². The first-order valence-electron chi connectivity index (χ1n) is 11.8. The molecule has 0 unspecified atom stereocenters. The number of thiazole rings is 1. The monoisotopic (exact) mass is 521 g/mol. The second-order valence-corrected chi connectivity index (χ2v) is 11.2. The third-order valence-corrected chi connectivity index (χ3v) is 8.44. The number of aromatic nitrogens is 1. The van der Waals surface area contributed by atoms with Gasteiger partial charge in [-0.15, -0.1) is 0 Å². The van der Waals surface area contributed by atoms with Crippen molar-refractivity contribution < 1.29 is 18.0 Å². The summed E-state index contributed by atoms with van der Waals surface area (Å²) in [6.45, 7) is 4.84. The van der Waals surface area contributed by atoms with Gasteiger partial charge in [0.15, 0.2) is 10.9 Å². The van der Waals surface area contributed by atoms with E-state index in [0.29, 0.717) is 45.1 Å². The highest BCUT2D eigenvalue weighted by molar-refractivity contribution is 7.89. The Labute approximate surface area is 214 Å². The molecule has 4 rings (SSSR count). The average molecular weight is 522 g/mol.